The molecule has 0 unspecified atom stereocenters. The first-order valence-electron chi connectivity index (χ1n) is 5.64. The second kappa shape index (κ2) is 6.83. The summed E-state index contributed by atoms with van der Waals surface area (Å²) in [5.41, 5.74) is -0.0641. The number of halogens is 1. The Kier molecular flexibility index (Phi) is 5.43. The first-order chi connectivity index (χ1) is 8.95. The molecule has 1 rings (SSSR count). The molecule has 2 N–H and O–H groups in total. The summed E-state index contributed by atoms with van der Waals surface area (Å²) in [6.45, 7) is 4.04. The van der Waals surface area contributed by atoms with Gasteiger partial charge in [-0.2, -0.15) is 4.98 Å². The van der Waals surface area contributed by atoms with Gasteiger partial charge in [0.1, 0.15) is 5.69 Å². The lowest BCUT2D eigenvalue weighted by molar-refractivity contribution is -0.385. The molecule has 19 heavy (non-hydrogen) atoms. The zero-order valence-corrected chi connectivity index (χ0v) is 11.3. The Hall–Kier alpha value is -1.96. The van der Waals surface area contributed by atoms with Crippen LogP contribution < -0.4 is 10.6 Å². The summed E-state index contributed by atoms with van der Waals surface area (Å²) in [6.07, 6.45) is 0.186. The van der Waals surface area contributed by atoms with Crippen molar-refractivity contribution in [3.63, 3.8) is 0 Å². The summed E-state index contributed by atoms with van der Waals surface area (Å²) in [5.74, 6) is -0.124. The van der Waals surface area contributed by atoms with Crippen LogP contribution in [0.4, 0.5) is 11.5 Å². The Morgan fingerprint density at radius 2 is 2.16 bits per heavy atom. The molecule has 0 aliphatic rings. The van der Waals surface area contributed by atoms with Gasteiger partial charge in [-0.3, -0.25) is 14.9 Å². The lowest BCUT2D eigenvalue weighted by Crippen LogP contribution is -2.25. The molecule has 104 valence electrons. The van der Waals surface area contributed by atoms with Crippen molar-refractivity contribution in [1.82, 2.24) is 15.3 Å². The Labute approximate surface area is 114 Å². The van der Waals surface area contributed by atoms with Gasteiger partial charge in [0.05, 0.1) is 4.92 Å². The topological polar surface area (TPSA) is 110 Å². The average Bonchev–Trinajstić information content (AvgIpc) is 2.27. The van der Waals surface area contributed by atoms with Crippen LogP contribution in [-0.4, -0.2) is 33.9 Å². The van der Waals surface area contributed by atoms with Gasteiger partial charge >= 0.3 is 5.69 Å². The lowest BCUT2D eigenvalue weighted by Gasteiger charge is -2.07. The van der Waals surface area contributed by atoms with Crippen LogP contribution >= 0.6 is 11.6 Å². The molecule has 1 amide bonds. The van der Waals surface area contributed by atoms with E-state index in [4.69, 9.17) is 11.6 Å². The third-order valence-corrected chi connectivity index (χ3v) is 2.40. The highest BCUT2D eigenvalue weighted by molar-refractivity contribution is 6.28. The number of nitrogens with zero attached hydrogens (tertiary/aromatic N) is 3. The van der Waals surface area contributed by atoms with E-state index in [1.54, 1.807) is 0 Å². The Balaban J connectivity index is 2.77. The number of hydrogen-bond donors (Lipinski definition) is 2. The fourth-order valence-electron chi connectivity index (χ4n) is 1.45. The smallest absolute Gasteiger partial charge is 0.332 e. The maximum Gasteiger partial charge on any atom is 0.332 e. The maximum absolute atomic E-state index is 11.2. The van der Waals surface area contributed by atoms with E-state index >= 15 is 0 Å². The van der Waals surface area contributed by atoms with Gasteiger partial charge in [-0.25, -0.2) is 4.98 Å². The molecule has 0 atom stereocenters. The van der Waals surface area contributed by atoms with E-state index in [-0.39, 0.29) is 41.4 Å². The number of anilines is 1. The predicted molar refractivity (Wildman–Crippen MR) is 70.2 cm³/mol. The highest BCUT2D eigenvalue weighted by atomic mass is 35.5. The molecule has 0 bridgehead atoms. The van der Waals surface area contributed by atoms with Gasteiger partial charge in [-0.15, -0.1) is 0 Å². The van der Waals surface area contributed by atoms with E-state index < -0.39 is 4.92 Å². The van der Waals surface area contributed by atoms with Gasteiger partial charge in [0, 0.05) is 19.5 Å². The monoisotopic (exact) mass is 287 g/mol. The van der Waals surface area contributed by atoms with E-state index in [0.717, 1.165) is 0 Å². The summed E-state index contributed by atoms with van der Waals surface area (Å²) in [5, 5.41) is 16.2. The van der Waals surface area contributed by atoms with Crippen molar-refractivity contribution >= 4 is 29.0 Å². The van der Waals surface area contributed by atoms with Crippen molar-refractivity contribution in [2.75, 3.05) is 18.4 Å². The van der Waals surface area contributed by atoms with Crippen LogP contribution in [0.2, 0.25) is 5.28 Å². The molecule has 8 nitrogen and oxygen atoms in total. The minimum Gasteiger partial charge on any atom is -0.364 e. The van der Waals surface area contributed by atoms with Crippen molar-refractivity contribution in [2.24, 2.45) is 0 Å². The zero-order chi connectivity index (χ0) is 14.4. The number of rotatable bonds is 6. The summed E-state index contributed by atoms with van der Waals surface area (Å²) in [7, 11) is 0. The van der Waals surface area contributed by atoms with Crippen LogP contribution in [0, 0.1) is 17.0 Å². The van der Waals surface area contributed by atoms with Crippen molar-refractivity contribution in [3.05, 3.63) is 21.1 Å². The van der Waals surface area contributed by atoms with Gasteiger partial charge in [-0.1, -0.05) is 0 Å². The number of carbonyl (C=O) groups is 1. The van der Waals surface area contributed by atoms with Crippen molar-refractivity contribution in [3.8, 4) is 0 Å². The summed E-state index contributed by atoms with van der Waals surface area (Å²) in [6, 6.07) is 0. The minimum absolute atomic E-state index is 0.0202. The van der Waals surface area contributed by atoms with Gasteiger partial charge in [0.15, 0.2) is 0 Å². The van der Waals surface area contributed by atoms with Crippen molar-refractivity contribution in [2.45, 2.75) is 20.3 Å². The largest absolute Gasteiger partial charge is 0.364 e. The number of hydrogen-bond acceptors (Lipinski definition) is 6. The summed E-state index contributed by atoms with van der Waals surface area (Å²) < 4.78 is 0. The number of nitro groups is 1. The average molecular weight is 288 g/mol. The molecule has 1 aromatic rings. The molecule has 9 heteroatoms. The van der Waals surface area contributed by atoms with Crippen molar-refractivity contribution < 1.29 is 9.72 Å². The van der Waals surface area contributed by atoms with Crippen LogP contribution in [0.15, 0.2) is 0 Å². The number of aromatic nitrogens is 2. The lowest BCUT2D eigenvalue weighted by atomic mass is 10.3. The van der Waals surface area contributed by atoms with Crippen LogP contribution in [0.1, 0.15) is 19.0 Å². The molecule has 1 aromatic heterocycles. The van der Waals surface area contributed by atoms with Crippen LogP contribution in [0.25, 0.3) is 0 Å². The molecule has 0 aliphatic carbocycles. The molecule has 0 saturated heterocycles. The number of aryl methyl sites for hydroxylation is 1. The van der Waals surface area contributed by atoms with E-state index in [2.05, 4.69) is 20.6 Å². The summed E-state index contributed by atoms with van der Waals surface area (Å²) in [4.78, 5) is 29.1. The highest BCUT2D eigenvalue weighted by Crippen LogP contribution is 2.26. The standard InChI is InChI=1S/C10H14ClN5O3/c1-3-12-7(17)4-5-13-9-8(16(18)19)6(2)14-10(11)15-9/h3-5H2,1-2H3,(H,12,17)(H,13,14,15). The van der Waals surface area contributed by atoms with E-state index in [9.17, 15) is 14.9 Å². The molecule has 0 saturated carbocycles. The Bertz CT molecular complexity index is 494. The zero-order valence-electron chi connectivity index (χ0n) is 10.6. The molecule has 0 radical (unpaired) electrons. The summed E-state index contributed by atoms with van der Waals surface area (Å²) >= 11 is 5.65. The molecular weight excluding hydrogens is 274 g/mol. The fourth-order valence-corrected chi connectivity index (χ4v) is 1.67. The van der Waals surface area contributed by atoms with Crippen LogP contribution in [-0.2, 0) is 4.79 Å². The SMILES string of the molecule is CCNC(=O)CCNc1nc(Cl)nc(C)c1[N+](=O)[O-]. The van der Waals surface area contributed by atoms with E-state index in [1.165, 1.54) is 6.92 Å². The van der Waals surface area contributed by atoms with Gasteiger partial charge in [-0.05, 0) is 25.4 Å². The molecular formula is C10H14ClN5O3. The van der Waals surface area contributed by atoms with Gasteiger partial charge in [0.25, 0.3) is 0 Å². The molecule has 0 aliphatic heterocycles. The van der Waals surface area contributed by atoms with E-state index in [0.29, 0.717) is 6.54 Å². The number of amides is 1. The van der Waals surface area contributed by atoms with Gasteiger partial charge in [0.2, 0.25) is 17.0 Å². The number of nitrogens with one attached hydrogen (secondary N) is 2. The third-order valence-electron chi connectivity index (χ3n) is 2.23. The second-order valence-corrected chi connectivity index (χ2v) is 4.00. The molecule has 0 fully saturated rings. The molecule has 0 aromatic carbocycles. The molecule has 1 heterocycles. The third kappa shape index (κ3) is 4.32. The minimum atomic E-state index is -0.583. The predicted octanol–water partition coefficient (Wildman–Crippen LogP) is 1.28. The fraction of sp³-hybridized carbons (Fsp3) is 0.500. The quantitative estimate of drug-likeness (QED) is 0.463. The normalized spacial score (nSPS) is 10.1. The first-order valence-corrected chi connectivity index (χ1v) is 6.02. The van der Waals surface area contributed by atoms with Crippen LogP contribution in [0.5, 0.6) is 0 Å². The van der Waals surface area contributed by atoms with Crippen molar-refractivity contribution in [1.29, 1.82) is 0 Å². The van der Waals surface area contributed by atoms with Gasteiger partial charge < -0.3 is 10.6 Å². The number of carbonyl (C=O) groups excluding carboxylic acids is 1. The molecule has 0 spiro atoms. The first kappa shape index (κ1) is 15.1. The Morgan fingerprint density at radius 3 is 2.74 bits per heavy atom. The highest BCUT2D eigenvalue weighted by Gasteiger charge is 2.21. The second-order valence-electron chi connectivity index (χ2n) is 3.66. The van der Waals surface area contributed by atoms with Crippen LogP contribution in [0.3, 0.4) is 0 Å². The maximum atomic E-state index is 11.2. The van der Waals surface area contributed by atoms with E-state index in [1.807, 2.05) is 6.92 Å². The Morgan fingerprint density at radius 1 is 1.47 bits per heavy atom.